The SMILES string of the molecule is CC(=O)c1nn(CC(=O)N2C[C@H]3C[C@H]3[C@H]2C(=O)N[C@@H]2C[C@H]2c2ccccc2)c2ccccc12. The van der Waals surface area contributed by atoms with Gasteiger partial charge in [0.25, 0.3) is 0 Å². The number of rotatable bonds is 6. The van der Waals surface area contributed by atoms with E-state index in [2.05, 4.69) is 22.5 Å². The van der Waals surface area contributed by atoms with Crippen LogP contribution in [0.25, 0.3) is 10.9 Å². The van der Waals surface area contributed by atoms with Crippen molar-refractivity contribution in [1.29, 1.82) is 0 Å². The molecule has 168 valence electrons. The van der Waals surface area contributed by atoms with Gasteiger partial charge in [0.1, 0.15) is 18.3 Å². The van der Waals surface area contributed by atoms with E-state index in [-0.39, 0.29) is 36.1 Å². The minimum Gasteiger partial charge on any atom is -0.351 e. The van der Waals surface area contributed by atoms with Gasteiger partial charge in [0.15, 0.2) is 5.78 Å². The summed E-state index contributed by atoms with van der Waals surface area (Å²) in [6.07, 6.45) is 1.95. The fraction of sp³-hybridized carbons (Fsp3) is 0.385. The molecule has 3 aromatic rings. The van der Waals surface area contributed by atoms with E-state index < -0.39 is 6.04 Å². The van der Waals surface area contributed by atoms with Crippen LogP contribution in [0.2, 0.25) is 0 Å². The zero-order valence-electron chi connectivity index (χ0n) is 18.5. The van der Waals surface area contributed by atoms with E-state index >= 15 is 0 Å². The zero-order chi connectivity index (χ0) is 22.7. The molecule has 0 unspecified atom stereocenters. The van der Waals surface area contributed by atoms with Gasteiger partial charge in [0.2, 0.25) is 11.8 Å². The van der Waals surface area contributed by atoms with Gasteiger partial charge >= 0.3 is 0 Å². The van der Waals surface area contributed by atoms with Crippen molar-refractivity contribution in [2.45, 2.75) is 44.3 Å². The molecule has 1 aromatic heterocycles. The molecule has 3 aliphatic rings. The number of fused-ring (bicyclic) bond motifs is 2. The minimum atomic E-state index is -0.409. The summed E-state index contributed by atoms with van der Waals surface area (Å²) in [5.41, 5.74) is 2.38. The number of amides is 2. The first kappa shape index (κ1) is 20.1. The molecule has 2 aromatic carbocycles. The average Bonchev–Trinajstić information content (AvgIpc) is 3.70. The largest absolute Gasteiger partial charge is 0.351 e. The molecule has 5 atom stereocenters. The summed E-state index contributed by atoms with van der Waals surface area (Å²) >= 11 is 0. The van der Waals surface area contributed by atoms with Gasteiger partial charge in [-0.05, 0) is 36.3 Å². The number of ketones is 1. The highest BCUT2D eigenvalue weighted by Gasteiger charge is 2.57. The molecule has 2 amide bonds. The molecule has 1 N–H and O–H groups in total. The second kappa shape index (κ2) is 7.54. The number of benzene rings is 2. The molecular weight excluding hydrogens is 416 g/mol. The van der Waals surface area contributed by atoms with Crippen LogP contribution >= 0.6 is 0 Å². The Morgan fingerprint density at radius 3 is 2.58 bits per heavy atom. The first-order chi connectivity index (χ1) is 16.0. The van der Waals surface area contributed by atoms with Crippen molar-refractivity contribution in [3.8, 4) is 0 Å². The molecule has 6 rings (SSSR count). The van der Waals surface area contributed by atoms with E-state index in [1.807, 2.05) is 42.5 Å². The molecule has 0 spiro atoms. The quantitative estimate of drug-likeness (QED) is 0.595. The van der Waals surface area contributed by atoms with Gasteiger partial charge in [-0.3, -0.25) is 19.1 Å². The zero-order valence-corrected chi connectivity index (χ0v) is 18.5. The molecule has 7 nitrogen and oxygen atoms in total. The molecule has 2 heterocycles. The highest BCUT2D eigenvalue weighted by Crippen LogP contribution is 2.50. The lowest BCUT2D eigenvalue weighted by Gasteiger charge is -2.27. The van der Waals surface area contributed by atoms with Crippen LogP contribution in [0.3, 0.4) is 0 Å². The molecule has 2 aliphatic carbocycles. The number of carbonyl (C=O) groups is 3. The van der Waals surface area contributed by atoms with E-state index in [9.17, 15) is 14.4 Å². The Bertz CT molecular complexity index is 1270. The van der Waals surface area contributed by atoms with Crippen molar-refractivity contribution in [2.75, 3.05) is 6.54 Å². The Hall–Kier alpha value is -3.48. The predicted molar refractivity (Wildman–Crippen MR) is 123 cm³/mol. The Balaban J connectivity index is 1.17. The predicted octanol–water partition coefficient (Wildman–Crippen LogP) is 2.76. The van der Waals surface area contributed by atoms with Gasteiger partial charge in [-0.15, -0.1) is 0 Å². The van der Waals surface area contributed by atoms with Gasteiger partial charge in [-0.1, -0.05) is 48.5 Å². The molecule has 0 bridgehead atoms. The van der Waals surface area contributed by atoms with Crippen LogP contribution in [0.5, 0.6) is 0 Å². The lowest BCUT2D eigenvalue weighted by molar-refractivity contribution is -0.140. The minimum absolute atomic E-state index is 0.0209. The first-order valence-electron chi connectivity index (χ1n) is 11.6. The lowest BCUT2D eigenvalue weighted by atomic mass is 10.1. The number of piperidine rings is 1. The third-order valence-corrected chi connectivity index (χ3v) is 7.36. The van der Waals surface area contributed by atoms with Crippen LogP contribution in [0.15, 0.2) is 54.6 Å². The topological polar surface area (TPSA) is 84.3 Å². The Morgan fingerprint density at radius 1 is 1.03 bits per heavy atom. The average molecular weight is 443 g/mol. The molecule has 2 saturated carbocycles. The van der Waals surface area contributed by atoms with Crippen LogP contribution in [-0.4, -0.2) is 50.9 Å². The Kier molecular flexibility index (Phi) is 4.60. The normalized spacial score (nSPS) is 27.3. The number of aromatic nitrogens is 2. The van der Waals surface area contributed by atoms with Crippen molar-refractivity contribution in [3.63, 3.8) is 0 Å². The molecule has 7 heteroatoms. The van der Waals surface area contributed by atoms with E-state index in [1.54, 1.807) is 9.58 Å². The smallest absolute Gasteiger partial charge is 0.245 e. The first-order valence-corrected chi connectivity index (χ1v) is 11.6. The third-order valence-electron chi connectivity index (χ3n) is 7.36. The van der Waals surface area contributed by atoms with Crippen molar-refractivity contribution in [3.05, 3.63) is 65.9 Å². The summed E-state index contributed by atoms with van der Waals surface area (Å²) in [6.45, 7) is 2.12. The number of carbonyl (C=O) groups excluding carboxylic acids is 3. The lowest BCUT2D eigenvalue weighted by Crippen LogP contribution is -2.50. The van der Waals surface area contributed by atoms with Crippen molar-refractivity contribution in [2.24, 2.45) is 11.8 Å². The van der Waals surface area contributed by atoms with Gasteiger partial charge in [-0.25, -0.2) is 0 Å². The molecule has 3 fully saturated rings. The molecule has 1 aliphatic heterocycles. The summed E-state index contributed by atoms with van der Waals surface area (Å²) < 4.78 is 1.60. The maximum atomic E-state index is 13.3. The van der Waals surface area contributed by atoms with Crippen LogP contribution in [0.4, 0.5) is 0 Å². The molecule has 0 radical (unpaired) electrons. The van der Waals surface area contributed by atoms with Crippen molar-refractivity contribution >= 4 is 28.5 Å². The van der Waals surface area contributed by atoms with Crippen molar-refractivity contribution < 1.29 is 14.4 Å². The number of nitrogens with one attached hydrogen (secondary N) is 1. The maximum absolute atomic E-state index is 13.3. The highest BCUT2D eigenvalue weighted by atomic mass is 16.2. The second-order valence-corrected chi connectivity index (χ2v) is 9.60. The van der Waals surface area contributed by atoms with Gasteiger partial charge < -0.3 is 10.2 Å². The summed E-state index contributed by atoms with van der Waals surface area (Å²) in [4.78, 5) is 40.3. The molecular formula is C26H26N4O3. The number of hydrogen-bond donors (Lipinski definition) is 1. The molecule has 1 saturated heterocycles. The summed E-state index contributed by atoms with van der Waals surface area (Å²) in [7, 11) is 0. The fourth-order valence-corrected chi connectivity index (χ4v) is 5.48. The van der Waals surface area contributed by atoms with Crippen molar-refractivity contribution in [1.82, 2.24) is 20.0 Å². The third kappa shape index (κ3) is 3.52. The van der Waals surface area contributed by atoms with Gasteiger partial charge in [0.05, 0.1) is 5.52 Å². The van der Waals surface area contributed by atoms with Crippen LogP contribution in [0, 0.1) is 11.8 Å². The molecule has 33 heavy (non-hydrogen) atoms. The van der Waals surface area contributed by atoms with Gasteiger partial charge in [0, 0.05) is 30.8 Å². The highest BCUT2D eigenvalue weighted by molar-refractivity contribution is 6.05. The van der Waals surface area contributed by atoms with E-state index in [4.69, 9.17) is 0 Å². The van der Waals surface area contributed by atoms with Crippen LogP contribution in [0.1, 0.15) is 41.7 Å². The van der Waals surface area contributed by atoms with E-state index in [0.29, 0.717) is 24.1 Å². The van der Waals surface area contributed by atoms with E-state index in [1.165, 1.54) is 12.5 Å². The number of para-hydroxylation sites is 1. The monoisotopic (exact) mass is 442 g/mol. The van der Waals surface area contributed by atoms with Gasteiger partial charge in [-0.2, -0.15) is 5.10 Å². The summed E-state index contributed by atoms with van der Waals surface area (Å²) in [6, 6.07) is 17.4. The fourth-order valence-electron chi connectivity index (χ4n) is 5.48. The Morgan fingerprint density at radius 2 is 1.79 bits per heavy atom. The number of nitrogens with zero attached hydrogens (tertiary/aromatic N) is 3. The van der Waals surface area contributed by atoms with E-state index in [0.717, 1.165) is 23.7 Å². The second-order valence-electron chi connectivity index (χ2n) is 9.60. The Labute approximate surface area is 191 Å². The van der Waals surface area contributed by atoms with Crippen LogP contribution in [-0.2, 0) is 16.1 Å². The number of hydrogen-bond acceptors (Lipinski definition) is 4. The maximum Gasteiger partial charge on any atom is 0.245 e. The number of likely N-dealkylation sites (tertiary alicyclic amines) is 1. The standard InChI is InChI=1S/C26H26N4O3/c1-15(31)24-18-9-5-6-10-22(18)30(28-24)14-23(32)29-13-17-11-20(17)25(29)26(33)27-21-12-19(21)16-7-3-2-4-8-16/h2-10,17,19-21,25H,11-14H2,1H3,(H,27,33)/t17-,19+,20-,21-,25+/m1/s1. The van der Waals surface area contributed by atoms with Crippen LogP contribution < -0.4 is 5.32 Å². The summed E-state index contributed by atoms with van der Waals surface area (Å²) in [5.74, 6) is 0.735. The summed E-state index contributed by atoms with van der Waals surface area (Å²) in [5, 5.41) is 8.37. The number of Topliss-reactive ketones (excluding diaryl/α,β-unsaturated/α-hetero) is 1.